The van der Waals surface area contributed by atoms with Gasteiger partial charge in [-0.2, -0.15) is 8.78 Å². The van der Waals surface area contributed by atoms with Crippen LogP contribution in [-0.2, 0) is 22.4 Å². The third kappa shape index (κ3) is 6.02. The Bertz CT molecular complexity index is 792. The van der Waals surface area contributed by atoms with Crippen LogP contribution in [0.15, 0.2) is 30.3 Å². The number of carbonyl (C=O) groups excluding carboxylic acids is 2. The lowest BCUT2D eigenvalue weighted by molar-refractivity contribution is -0.119. The van der Waals surface area contributed by atoms with Crippen LogP contribution in [0.25, 0.3) is 0 Å². The van der Waals surface area contributed by atoms with E-state index in [-0.39, 0.29) is 11.4 Å². The topological polar surface area (TPSA) is 64.6 Å². The zero-order valence-electron chi connectivity index (χ0n) is 15.1. The number of hydrogen-bond donors (Lipinski definition) is 1. The second kappa shape index (κ2) is 10.0. The van der Waals surface area contributed by atoms with Crippen molar-refractivity contribution in [3.05, 3.63) is 45.6 Å². The number of aryl methyl sites for hydroxylation is 2. The minimum Gasteiger partial charge on any atom is -0.451 e. The van der Waals surface area contributed by atoms with Crippen LogP contribution in [0.3, 0.4) is 0 Å². The molecular formula is C19H21F2NO4S. The molecule has 0 fully saturated rings. The molecule has 1 heterocycles. The van der Waals surface area contributed by atoms with E-state index in [4.69, 9.17) is 4.74 Å². The molecule has 1 aromatic heterocycles. The normalized spacial score (nSPS) is 10.7. The fourth-order valence-corrected chi connectivity index (χ4v) is 3.71. The Kier molecular flexibility index (Phi) is 7.72. The van der Waals surface area contributed by atoms with E-state index in [1.54, 1.807) is 12.1 Å². The van der Waals surface area contributed by atoms with Gasteiger partial charge < -0.3 is 14.8 Å². The second-order valence-corrected chi connectivity index (χ2v) is 6.80. The molecule has 1 amide bonds. The van der Waals surface area contributed by atoms with Gasteiger partial charge in [0.25, 0.3) is 5.91 Å². The van der Waals surface area contributed by atoms with Crippen LogP contribution in [0, 0.1) is 0 Å². The molecule has 8 heteroatoms. The molecule has 146 valence electrons. The van der Waals surface area contributed by atoms with Crippen LogP contribution in [0.5, 0.6) is 5.75 Å². The molecule has 0 bridgehead atoms. The van der Waals surface area contributed by atoms with Gasteiger partial charge in [0.2, 0.25) is 0 Å². The minimum atomic E-state index is -3.01. The lowest BCUT2D eigenvalue weighted by Gasteiger charge is -2.11. The molecule has 0 aliphatic rings. The van der Waals surface area contributed by atoms with E-state index in [1.807, 2.05) is 6.92 Å². The number of thiophene rings is 1. The number of hydrogen-bond acceptors (Lipinski definition) is 5. The van der Waals surface area contributed by atoms with Crippen molar-refractivity contribution in [3.63, 3.8) is 0 Å². The summed E-state index contributed by atoms with van der Waals surface area (Å²) in [5.74, 6) is -1.39. The number of carbonyl (C=O) groups is 2. The molecule has 27 heavy (non-hydrogen) atoms. The SMILES string of the molecule is CCCc1sc(C(=O)OCC(=O)Nc2ccccc2OC(F)F)cc1CC. The Balaban J connectivity index is 1.95. The number of para-hydroxylation sites is 2. The molecular weight excluding hydrogens is 376 g/mol. The van der Waals surface area contributed by atoms with Crippen molar-refractivity contribution in [2.24, 2.45) is 0 Å². The van der Waals surface area contributed by atoms with Crippen LogP contribution in [0.1, 0.15) is 40.4 Å². The highest BCUT2D eigenvalue weighted by Crippen LogP contribution is 2.26. The quantitative estimate of drug-likeness (QED) is 0.625. The van der Waals surface area contributed by atoms with Gasteiger partial charge in [-0.15, -0.1) is 11.3 Å². The zero-order valence-corrected chi connectivity index (χ0v) is 15.9. The Morgan fingerprint density at radius 3 is 2.63 bits per heavy atom. The Labute approximate surface area is 160 Å². The van der Waals surface area contributed by atoms with Gasteiger partial charge in [0.15, 0.2) is 6.61 Å². The minimum absolute atomic E-state index is 0.0773. The monoisotopic (exact) mass is 397 g/mol. The van der Waals surface area contributed by atoms with Gasteiger partial charge in [-0.3, -0.25) is 4.79 Å². The van der Waals surface area contributed by atoms with E-state index in [0.717, 1.165) is 29.7 Å². The number of benzene rings is 1. The van der Waals surface area contributed by atoms with Crippen molar-refractivity contribution in [1.29, 1.82) is 0 Å². The predicted molar refractivity (Wildman–Crippen MR) is 99.7 cm³/mol. The number of ether oxygens (including phenoxy) is 2. The van der Waals surface area contributed by atoms with Gasteiger partial charge in [-0.1, -0.05) is 32.4 Å². The number of alkyl halides is 2. The second-order valence-electron chi connectivity index (χ2n) is 5.66. The van der Waals surface area contributed by atoms with Crippen molar-refractivity contribution in [2.75, 3.05) is 11.9 Å². The molecule has 0 saturated heterocycles. The Morgan fingerprint density at radius 2 is 1.96 bits per heavy atom. The van der Waals surface area contributed by atoms with E-state index in [0.29, 0.717) is 4.88 Å². The Morgan fingerprint density at radius 1 is 1.22 bits per heavy atom. The maximum absolute atomic E-state index is 12.4. The molecule has 0 atom stereocenters. The summed E-state index contributed by atoms with van der Waals surface area (Å²) in [6, 6.07) is 7.58. The molecule has 1 aromatic carbocycles. The summed E-state index contributed by atoms with van der Waals surface area (Å²) in [7, 11) is 0. The average Bonchev–Trinajstić information content (AvgIpc) is 3.04. The summed E-state index contributed by atoms with van der Waals surface area (Å²) in [6.45, 7) is 0.550. The molecule has 0 aliphatic carbocycles. The first-order valence-electron chi connectivity index (χ1n) is 8.57. The lowest BCUT2D eigenvalue weighted by atomic mass is 10.1. The van der Waals surface area contributed by atoms with E-state index in [1.165, 1.54) is 29.5 Å². The van der Waals surface area contributed by atoms with E-state index in [2.05, 4.69) is 17.0 Å². The highest BCUT2D eigenvalue weighted by molar-refractivity contribution is 7.14. The fourth-order valence-electron chi connectivity index (χ4n) is 2.46. The van der Waals surface area contributed by atoms with Crippen molar-refractivity contribution in [2.45, 2.75) is 39.7 Å². The van der Waals surface area contributed by atoms with Gasteiger partial charge >= 0.3 is 12.6 Å². The van der Waals surface area contributed by atoms with Crippen molar-refractivity contribution in [3.8, 4) is 5.75 Å². The number of anilines is 1. The Hall–Kier alpha value is -2.48. The third-order valence-electron chi connectivity index (χ3n) is 3.67. The molecule has 0 radical (unpaired) electrons. The number of rotatable bonds is 9. The molecule has 2 rings (SSSR count). The molecule has 0 unspecified atom stereocenters. The smallest absolute Gasteiger partial charge is 0.387 e. The molecule has 0 spiro atoms. The fraction of sp³-hybridized carbons (Fsp3) is 0.368. The maximum atomic E-state index is 12.4. The van der Waals surface area contributed by atoms with E-state index in [9.17, 15) is 18.4 Å². The van der Waals surface area contributed by atoms with Gasteiger partial charge in [0.05, 0.1) is 5.69 Å². The molecule has 1 N–H and O–H groups in total. The predicted octanol–water partition coefficient (Wildman–Crippen LogP) is 4.66. The van der Waals surface area contributed by atoms with Gasteiger partial charge in [-0.25, -0.2) is 4.79 Å². The standard InChI is InChI=1S/C19H21F2NO4S/c1-3-7-15-12(4-2)10-16(27-15)18(24)25-11-17(23)22-13-8-5-6-9-14(13)26-19(20)21/h5-6,8-10,19H,3-4,7,11H2,1-2H3,(H,22,23). The number of halogens is 2. The van der Waals surface area contributed by atoms with E-state index < -0.39 is 25.1 Å². The first-order valence-corrected chi connectivity index (χ1v) is 9.38. The molecule has 0 saturated carbocycles. The zero-order chi connectivity index (χ0) is 19.8. The number of esters is 1. The highest BCUT2D eigenvalue weighted by Gasteiger charge is 2.17. The maximum Gasteiger partial charge on any atom is 0.387 e. The van der Waals surface area contributed by atoms with Crippen LogP contribution in [0.4, 0.5) is 14.5 Å². The summed E-state index contributed by atoms with van der Waals surface area (Å²) in [5.41, 5.74) is 1.19. The first-order chi connectivity index (χ1) is 12.9. The third-order valence-corrected chi connectivity index (χ3v) is 4.88. The molecule has 0 aliphatic heterocycles. The largest absolute Gasteiger partial charge is 0.451 e. The average molecular weight is 397 g/mol. The van der Waals surface area contributed by atoms with Gasteiger partial charge in [0, 0.05) is 4.88 Å². The summed E-state index contributed by atoms with van der Waals surface area (Å²) in [5, 5.41) is 2.40. The van der Waals surface area contributed by atoms with Crippen LogP contribution < -0.4 is 10.1 Å². The van der Waals surface area contributed by atoms with Crippen LogP contribution in [-0.4, -0.2) is 25.1 Å². The highest BCUT2D eigenvalue weighted by atomic mass is 32.1. The first kappa shape index (κ1) is 20.8. The number of amides is 1. The summed E-state index contributed by atoms with van der Waals surface area (Å²) >= 11 is 1.37. The van der Waals surface area contributed by atoms with Crippen molar-refractivity contribution in [1.82, 2.24) is 0 Å². The van der Waals surface area contributed by atoms with Crippen LogP contribution in [0.2, 0.25) is 0 Å². The van der Waals surface area contributed by atoms with Gasteiger partial charge in [0.1, 0.15) is 10.6 Å². The van der Waals surface area contributed by atoms with Crippen LogP contribution >= 0.6 is 11.3 Å². The molecule has 5 nitrogen and oxygen atoms in total. The molecule has 2 aromatic rings. The summed E-state index contributed by atoms with van der Waals surface area (Å²) < 4.78 is 34.2. The number of nitrogens with one attached hydrogen (secondary N) is 1. The van der Waals surface area contributed by atoms with E-state index >= 15 is 0 Å². The summed E-state index contributed by atoms with van der Waals surface area (Å²) in [4.78, 5) is 25.8. The van der Waals surface area contributed by atoms with Gasteiger partial charge in [-0.05, 0) is 36.6 Å². The van der Waals surface area contributed by atoms with Crippen molar-refractivity contribution >= 4 is 28.9 Å². The van der Waals surface area contributed by atoms with Crippen molar-refractivity contribution < 1.29 is 27.8 Å². The lowest BCUT2D eigenvalue weighted by Crippen LogP contribution is -2.21. The summed E-state index contributed by atoms with van der Waals surface area (Å²) in [6.07, 6.45) is 2.69.